The van der Waals surface area contributed by atoms with Crippen LogP contribution < -0.4 is 5.43 Å². The van der Waals surface area contributed by atoms with Crippen molar-refractivity contribution in [3.8, 4) is 12.3 Å². The first-order chi connectivity index (χ1) is 7.20. The van der Waals surface area contributed by atoms with Crippen LogP contribution in [0.5, 0.6) is 0 Å². The lowest BCUT2D eigenvalue weighted by Crippen LogP contribution is -2.34. The molecule has 4 heteroatoms. The lowest BCUT2D eigenvalue weighted by molar-refractivity contribution is 0.0783. The Morgan fingerprint density at radius 3 is 2.93 bits per heavy atom. The quantitative estimate of drug-likeness (QED) is 0.728. The van der Waals surface area contributed by atoms with Gasteiger partial charge in [0.05, 0.1) is 6.54 Å². The minimum Gasteiger partial charge on any atom is -0.367 e. The molecule has 0 unspecified atom stereocenters. The van der Waals surface area contributed by atoms with Crippen molar-refractivity contribution in [2.24, 2.45) is 0 Å². The van der Waals surface area contributed by atoms with Gasteiger partial charge in [0.25, 0.3) is 5.91 Å². The summed E-state index contributed by atoms with van der Waals surface area (Å²) in [4.78, 5) is 27.3. The zero-order valence-electron chi connectivity index (χ0n) is 8.49. The van der Waals surface area contributed by atoms with Gasteiger partial charge in [-0.25, -0.2) is 0 Å². The van der Waals surface area contributed by atoms with Gasteiger partial charge < -0.3 is 9.88 Å². The van der Waals surface area contributed by atoms with Gasteiger partial charge >= 0.3 is 0 Å². The average molecular weight is 204 g/mol. The molecule has 0 saturated carbocycles. The highest BCUT2D eigenvalue weighted by Gasteiger charge is 2.15. The van der Waals surface area contributed by atoms with Crippen LogP contribution in [0.1, 0.15) is 17.3 Å². The van der Waals surface area contributed by atoms with Gasteiger partial charge in [-0.2, -0.15) is 0 Å². The normalized spacial score (nSPS) is 9.33. The predicted molar refractivity (Wildman–Crippen MR) is 57.5 cm³/mol. The zero-order valence-corrected chi connectivity index (χ0v) is 8.49. The molecule has 1 N–H and O–H groups in total. The number of nitrogens with zero attached hydrogens (tertiary/aromatic N) is 1. The number of aromatic nitrogens is 1. The van der Waals surface area contributed by atoms with Gasteiger partial charge in [-0.1, -0.05) is 5.92 Å². The molecular weight excluding hydrogens is 192 g/mol. The van der Waals surface area contributed by atoms with Crippen molar-refractivity contribution >= 4 is 5.91 Å². The summed E-state index contributed by atoms with van der Waals surface area (Å²) in [5, 5.41) is 0. The van der Waals surface area contributed by atoms with E-state index in [0.29, 0.717) is 6.54 Å². The lowest BCUT2D eigenvalue weighted by Gasteiger charge is -2.17. The lowest BCUT2D eigenvalue weighted by atomic mass is 10.2. The Balaban J connectivity index is 2.99. The highest BCUT2D eigenvalue weighted by molar-refractivity contribution is 5.93. The standard InChI is InChI=1S/C11H12N2O2/c1-3-7-13(4-2)11(15)9-8-12-6-5-10(9)14/h1,5-6,8H,4,7H2,2H3,(H,12,14). The maximum Gasteiger partial charge on any atom is 0.260 e. The van der Waals surface area contributed by atoms with Crippen LogP contribution in [0.15, 0.2) is 23.3 Å². The van der Waals surface area contributed by atoms with Gasteiger partial charge in [0, 0.05) is 25.0 Å². The fourth-order valence-corrected chi connectivity index (χ4v) is 1.19. The van der Waals surface area contributed by atoms with Crippen LogP contribution in [0.4, 0.5) is 0 Å². The van der Waals surface area contributed by atoms with Crippen LogP contribution >= 0.6 is 0 Å². The summed E-state index contributed by atoms with van der Waals surface area (Å²) in [5.74, 6) is 2.05. The van der Waals surface area contributed by atoms with Crippen LogP contribution in [0, 0.1) is 12.3 Å². The number of hydrogen-bond donors (Lipinski definition) is 1. The molecule has 4 nitrogen and oxygen atoms in total. The summed E-state index contributed by atoms with van der Waals surface area (Å²) in [5.41, 5.74) is -0.177. The van der Waals surface area contributed by atoms with Crippen molar-refractivity contribution in [3.05, 3.63) is 34.2 Å². The number of pyridine rings is 1. The first-order valence-electron chi connectivity index (χ1n) is 4.60. The molecule has 0 aliphatic carbocycles. The van der Waals surface area contributed by atoms with E-state index in [1.54, 1.807) is 0 Å². The first kappa shape index (κ1) is 11.1. The molecule has 0 aliphatic heterocycles. The van der Waals surface area contributed by atoms with Crippen molar-refractivity contribution < 1.29 is 4.79 Å². The monoisotopic (exact) mass is 204 g/mol. The fraction of sp³-hybridized carbons (Fsp3) is 0.273. The number of carbonyl (C=O) groups is 1. The van der Waals surface area contributed by atoms with Crippen LogP contribution in [-0.4, -0.2) is 28.9 Å². The molecule has 0 bridgehead atoms. The Morgan fingerprint density at radius 1 is 1.67 bits per heavy atom. The number of terminal acetylenes is 1. The number of carbonyl (C=O) groups excluding carboxylic acids is 1. The van der Waals surface area contributed by atoms with E-state index in [1.165, 1.54) is 23.4 Å². The molecule has 0 spiro atoms. The van der Waals surface area contributed by atoms with Crippen LogP contribution in [0.3, 0.4) is 0 Å². The van der Waals surface area contributed by atoms with Crippen molar-refractivity contribution in [2.75, 3.05) is 13.1 Å². The Hall–Kier alpha value is -2.02. The van der Waals surface area contributed by atoms with E-state index in [1.807, 2.05) is 6.92 Å². The summed E-state index contributed by atoms with van der Waals surface area (Å²) in [6.07, 6.45) is 8.00. The molecule has 1 heterocycles. The maximum atomic E-state index is 11.8. The van der Waals surface area contributed by atoms with E-state index in [-0.39, 0.29) is 23.4 Å². The van der Waals surface area contributed by atoms with Gasteiger partial charge in [-0.05, 0) is 6.92 Å². The Morgan fingerprint density at radius 2 is 2.40 bits per heavy atom. The third kappa shape index (κ3) is 2.47. The SMILES string of the molecule is C#CCN(CC)C(=O)c1c[nH]ccc1=O. The molecule has 0 aromatic carbocycles. The molecule has 0 fully saturated rings. The third-order valence-electron chi connectivity index (χ3n) is 2.01. The summed E-state index contributed by atoms with van der Waals surface area (Å²) in [7, 11) is 0. The van der Waals surface area contributed by atoms with Gasteiger partial charge in [-0.3, -0.25) is 9.59 Å². The Bertz CT molecular complexity index is 442. The molecule has 1 aromatic heterocycles. The van der Waals surface area contributed by atoms with E-state index in [4.69, 9.17) is 6.42 Å². The van der Waals surface area contributed by atoms with E-state index in [2.05, 4.69) is 10.9 Å². The third-order valence-corrected chi connectivity index (χ3v) is 2.01. The van der Waals surface area contributed by atoms with Crippen LogP contribution in [-0.2, 0) is 0 Å². The molecule has 1 rings (SSSR count). The second-order valence-corrected chi connectivity index (χ2v) is 2.95. The zero-order chi connectivity index (χ0) is 11.3. The molecule has 0 aliphatic rings. The second-order valence-electron chi connectivity index (χ2n) is 2.95. The smallest absolute Gasteiger partial charge is 0.260 e. The number of aromatic amines is 1. The summed E-state index contributed by atoms with van der Waals surface area (Å²) in [6.45, 7) is 2.51. The largest absolute Gasteiger partial charge is 0.367 e. The van der Waals surface area contributed by atoms with Crippen LogP contribution in [0.25, 0.3) is 0 Å². The molecule has 0 atom stereocenters. The molecule has 0 radical (unpaired) electrons. The molecule has 1 amide bonds. The number of amides is 1. The number of H-pyrrole nitrogens is 1. The topological polar surface area (TPSA) is 53.2 Å². The van der Waals surface area contributed by atoms with Gasteiger partial charge in [0.2, 0.25) is 0 Å². The maximum absolute atomic E-state index is 11.8. The van der Waals surface area contributed by atoms with Crippen molar-refractivity contribution in [3.63, 3.8) is 0 Å². The minimum absolute atomic E-state index is 0.120. The molecule has 15 heavy (non-hydrogen) atoms. The van der Waals surface area contributed by atoms with Gasteiger partial charge in [-0.15, -0.1) is 6.42 Å². The summed E-state index contributed by atoms with van der Waals surface area (Å²) >= 11 is 0. The average Bonchev–Trinajstić information content (AvgIpc) is 2.25. The number of hydrogen-bond acceptors (Lipinski definition) is 2. The highest BCUT2D eigenvalue weighted by atomic mass is 16.2. The predicted octanol–water partition coefficient (Wildman–Crippen LogP) is 0.470. The number of rotatable bonds is 3. The number of nitrogens with one attached hydrogen (secondary N) is 1. The van der Waals surface area contributed by atoms with Crippen molar-refractivity contribution in [2.45, 2.75) is 6.92 Å². The van der Waals surface area contributed by atoms with Crippen molar-refractivity contribution in [1.82, 2.24) is 9.88 Å². The first-order valence-corrected chi connectivity index (χ1v) is 4.60. The Kier molecular flexibility index (Phi) is 3.69. The Labute approximate surface area is 87.9 Å². The van der Waals surface area contributed by atoms with Crippen LogP contribution in [0.2, 0.25) is 0 Å². The molecule has 1 aromatic rings. The van der Waals surface area contributed by atoms with E-state index >= 15 is 0 Å². The van der Waals surface area contributed by atoms with E-state index in [9.17, 15) is 9.59 Å². The second kappa shape index (κ2) is 5.01. The highest BCUT2D eigenvalue weighted by Crippen LogP contribution is 1.97. The van der Waals surface area contributed by atoms with Gasteiger partial charge in [0.1, 0.15) is 5.56 Å². The summed E-state index contributed by atoms with van der Waals surface area (Å²) < 4.78 is 0. The van der Waals surface area contributed by atoms with E-state index in [0.717, 1.165) is 0 Å². The molecular formula is C11H12N2O2. The van der Waals surface area contributed by atoms with E-state index < -0.39 is 0 Å². The fourth-order valence-electron chi connectivity index (χ4n) is 1.19. The molecule has 0 saturated heterocycles. The van der Waals surface area contributed by atoms with Gasteiger partial charge in [0.15, 0.2) is 5.43 Å². The summed E-state index contributed by atoms with van der Waals surface area (Å²) in [6, 6.07) is 1.32. The molecule has 78 valence electrons. The minimum atomic E-state index is -0.336. The van der Waals surface area contributed by atoms with Crippen molar-refractivity contribution in [1.29, 1.82) is 0 Å².